The number of rotatable bonds is 3. The van der Waals surface area contributed by atoms with Crippen molar-refractivity contribution in [3.05, 3.63) is 23.8 Å². The van der Waals surface area contributed by atoms with Crippen LogP contribution in [0.4, 0.5) is 0 Å². The normalized spacial score (nSPS) is 14.8. The van der Waals surface area contributed by atoms with E-state index in [2.05, 4.69) is 32.1 Å². The molecule has 0 bridgehead atoms. The molecule has 1 radical (unpaired) electrons. The Balaban J connectivity index is -0.000000333. The van der Waals surface area contributed by atoms with Crippen LogP contribution in [-0.4, -0.2) is 0 Å². The quantitative estimate of drug-likeness (QED) is 0.491. The summed E-state index contributed by atoms with van der Waals surface area (Å²) in [6.07, 6.45) is 11.2. The summed E-state index contributed by atoms with van der Waals surface area (Å²) >= 11 is 0. The van der Waals surface area contributed by atoms with Crippen LogP contribution in [0.2, 0.25) is 0 Å². The van der Waals surface area contributed by atoms with Crippen LogP contribution in [0.1, 0.15) is 33.1 Å². The zero-order valence-corrected chi connectivity index (χ0v) is 12.1. The topological polar surface area (TPSA) is 0 Å². The van der Waals surface area contributed by atoms with Crippen molar-refractivity contribution in [2.45, 2.75) is 33.1 Å². The smallest absolute Gasteiger partial charge is 1.00 e. The third-order valence-electron chi connectivity index (χ3n) is 2.02. The standard InChI is InChI=1S/C10H15.2ClH.Zr/c1-3-6-9(2)10-7-4-5-8-10;;;/h7-9H,3-4,6H2,1-2H3;2*1H;/q-1;;;+3/p-2. The van der Waals surface area contributed by atoms with Gasteiger partial charge in [0.2, 0.25) is 0 Å². The second kappa shape index (κ2) is 11.0. The SMILES string of the molecule is CCCC(C)C1=CC[C-]=C1.[Cl-].[Cl-].[Zr+3]. The summed E-state index contributed by atoms with van der Waals surface area (Å²) in [6.45, 7) is 4.53. The van der Waals surface area contributed by atoms with E-state index in [1.54, 1.807) is 0 Å². The summed E-state index contributed by atoms with van der Waals surface area (Å²) in [5.74, 6) is 0.750. The van der Waals surface area contributed by atoms with Gasteiger partial charge in [0.25, 0.3) is 0 Å². The Morgan fingerprint density at radius 1 is 1.46 bits per heavy atom. The van der Waals surface area contributed by atoms with Crippen molar-refractivity contribution in [3.8, 4) is 0 Å². The average molecular weight is 297 g/mol. The van der Waals surface area contributed by atoms with Gasteiger partial charge in [-0.25, -0.2) is 6.08 Å². The van der Waals surface area contributed by atoms with E-state index in [9.17, 15) is 0 Å². The first-order valence-corrected chi connectivity index (χ1v) is 4.11. The van der Waals surface area contributed by atoms with E-state index in [4.69, 9.17) is 0 Å². The third kappa shape index (κ3) is 6.94. The molecule has 3 heteroatoms. The minimum atomic E-state index is 0. The molecule has 13 heavy (non-hydrogen) atoms. The van der Waals surface area contributed by atoms with Gasteiger partial charge in [-0.2, -0.15) is 11.6 Å². The van der Waals surface area contributed by atoms with Crippen LogP contribution in [0.15, 0.2) is 17.7 Å². The molecule has 1 aliphatic rings. The van der Waals surface area contributed by atoms with Crippen LogP contribution in [0.5, 0.6) is 0 Å². The fraction of sp³-hybridized carbons (Fsp3) is 0.600. The maximum Gasteiger partial charge on any atom is 3.00 e. The number of halogens is 2. The molecule has 0 spiro atoms. The molecule has 1 atom stereocenters. The molecule has 0 aromatic heterocycles. The van der Waals surface area contributed by atoms with Crippen molar-refractivity contribution >= 4 is 0 Å². The van der Waals surface area contributed by atoms with Crippen LogP contribution in [0.25, 0.3) is 0 Å². The second-order valence-electron chi connectivity index (χ2n) is 2.95. The van der Waals surface area contributed by atoms with Gasteiger partial charge in [0, 0.05) is 0 Å². The molecule has 1 rings (SSSR count). The Kier molecular flexibility index (Phi) is 16.5. The molecule has 0 aromatic rings. The molecule has 0 aromatic carbocycles. The van der Waals surface area contributed by atoms with E-state index in [1.807, 2.05) is 0 Å². The predicted octanol–water partition coefficient (Wildman–Crippen LogP) is -2.88. The predicted molar refractivity (Wildman–Crippen MR) is 44.6 cm³/mol. The summed E-state index contributed by atoms with van der Waals surface area (Å²) in [5, 5.41) is 0. The van der Waals surface area contributed by atoms with E-state index in [0.717, 1.165) is 12.3 Å². The van der Waals surface area contributed by atoms with Crippen LogP contribution in [0.3, 0.4) is 0 Å². The molecule has 1 unspecified atom stereocenters. The molecule has 0 saturated heterocycles. The third-order valence-corrected chi connectivity index (χ3v) is 2.02. The van der Waals surface area contributed by atoms with Gasteiger partial charge in [-0.05, 0) is 0 Å². The van der Waals surface area contributed by atoms with Crippen LogP contribution >= 0.6 is 0 Å². The van der Waals surface area contributed by atoms with Gasteiger partial charge >= 0.3 is 26.2 Å². The average Bonchev–Trinajstić information content (AvgIpc) is 2.38. The van der Waals surface area contributed by atoms with E-state index in [0.29, 0.717) is 0 Å². The fourth-order valence-corrected chi connectivity index (χ4v) is 1.36. The Morgan fingerprint density at radius 3 is 2.46 bits per heavy atom. The Bertz CT molecular complexity index is 164. The van der Waals surface area contributed by atoms with Gasteiger partial charge in [0.15, 0.2) is 0 Å². The summed E-state index contributed by atoms with van der Waals surface area (Å²) in [6, 6.07) is 0. The minimum absolute atomic E-state index is 0. The van der Waals surface area contributed by atoms with Crippen molar-refractivity contribution < 1.29 is 51.0 Å². The Labute approximate surface area is 113 Å². The molecule has 0 nitrogen and oxygen atoms in total. The van der Waals surface area contributed by atoms with Crippen LogP contribution in [-0.2, 0) is 26.2 Å². The van der Waals surface area contributed by atoms with E-state index < -0.39 is 0 Å². The number of hydrogen-bond donors (Lipinski definition) is 0. The van der Waals surface area contributed by atoms with E-state index in [1.165, 1.54) is 18.4 Å². The van der Waals surface area contributed by atoms with Crippen molar-refractivity contribution in [1.82, 2.24) is 0 Å². The Morgan fingerprint density at radius 2 is 2.08 bits per heavy atom. The minimum Gasteiger partial charge on any atom is -1.00 e. The fourth-order valence-electron chi connectivity index (χ4n) is 1.36. The summed E-state index contributed by atoms with van der Waals surface area (Å²) in [5.41, 5.74) is 1.49. The van der Waals surface area contributed by atoms with Gasteiger partial charge in [0.1, 0.15) is 0 Å². The van der Waals surface area contributed by atoms with Crippen LogP contribution < -0.4 is 24.8 Å². The first-order valence-electron chi connectivity index (χ1n) is 4.11. The molecular formula is C10H15Cl2Zr. The first kappa shape index (κ1) is 19.5. The molecule has 0 amide bonds. The van der Waals surface area contributed by atoms with Gasteiger partial charge < -0.3 is 24.8 Å². The molecule has 0 fully saturated rings. The molecule has 1 aliphatic carbocycles. The van der Waals surface area contributed by atoms with Crippen molar-refractivity contribution in [2.75, 3.05) is 0 Å². The Hall–Kier alpha value is 0.943. The van der Waals surface area contributed by atoms with Crippen molar-refractivity contribution in [3.63, 3.8) is 0 Å². The maximum atomic E-state index is 3.19. The maximum absolute atomic E-state index is 3.19. The van der Waals surface area contributed by atoms with Crippen molar-refractivity contribution in [1.29, 1.82) is 0 Å². The van der Waals surface area contributed by atoms with Crippen molar-refractivity contribution in [2.24, 2.45) is 5.92 Å². The zero-order chi connectivity index (χ0) is 7.40. The zero-order valence-electron chi connectivity index (χ0n) is 8.11. The molecule has 0 N–H and O–H groups in total. The molecular weight excluding hydrogens is 282 g/mol. The monoisotopic (exact) mass is 295 g/mol. The van der Waals surface area contributed by atoms with E-state index in [-0.39, 0.29) is 51.0 Å². The molecule has 0 aliphatic heterocycles. The first-order chi connectivity index (χ1) is 4.84. The molecule has 73 valence electrons. The van der Waals surface area contributed by atoms with Gasteiger partial charge in [-0.3, -0.25) is 6.08 Å². The van der Waals surface area contributed by atoms with E-state index >= 15 is 0 Å². The largest absolute Gasteiger partial charge is 3.00 e. The van der Waals surface area contributed by atoms with Gasteiger partial charge in [-0.1, -0.05) is 32.6 Å². The number of hydrogen-bond acceptors (Lipinski definition) is 0. The molecule has 0 heterocycles. The van der Waals surface area contributed by atoms with Gasteiger partial charge in [-0.15, -0.1) is 6.42 Å². The second-order valence-corrected chi connectivity index (χ2v) is 2.95. The van der Waals surface area contributed by atoms with Crippen LogP contribution in [0, 0.1) is 12.0 Å². The molecule has 0 saturated carbocycles. The number of allylic oxidation sites excluding steroid dienone is 4. The summed E-state index contributed by atoms with van der Waals surface area (Å²) in [4.78, 5) is 0. The summed E-state index contributed by atoms with van der Waals surface area (Å²) < 4.78 is 0. The summed E-state index contributed by atoms with van der Waals surface area (Å²) in [7, 11) is 0. The van der Waals surface area contributed by atoms with Gasteiger partial charge in [0.05, 0.1) is 0 Å².